The lowest BCUT2D eigenvalue weighted by Gasteiger charge is -2.38. The molecule has 2 fully saturated rings. The number of likely N-dealkylation sites (tertiary alicyclic amines) is 1. The normalized spacial score (nSPS) is 20.5. The quantitative estimate of drug-likeness (QED) is 0.466. The number of hydrogen-bond donors (Lipinski definition) is 0. The van der Waals surface area contributed by atoms with Gasteiger partial charge in [-0.25, -0.2) is 0 Å². The average Bonchev–Trinajstić information content (AvgIpc) is 3.19. The van der Waals surface area contributed by atoms with E-state index in [9.17, 15) is 9.59 Å². The Bertz CT molecular complexity index is 1010. The summed E-state index contributed by atoms with van der Waals surface area (Å²) in [6.07, 6.45) is 7.34. The molecule has 1 heterocycles. The Morgan fingerprint density at radius 1 is 1.09 bits per heavy atom. The van der Waals surface area contributed by atoms with Crippen LogP contribution < -0.4 is 4.90 Å². The van der Waals surface area contributed by atoms with Gasteiger partial charge in [-0.05, 0) is 73.6 Å². The van der Waals surface area contributed by atoms with Gasteiger partial charge in [0.25, 0.3) is 0 Å². The predicted octanol–water partition coefficient (Wildman–Crippen LogP) is 6.30. The second-order valence-corrected chi connectivity index (χ2v) is 11.2. The van der Waals surface area contributed by atoms with Crippen molar-refractivity contribution in [2.75, 3.05) is 18.5 Å². The first-order valence-electron chi connectivity index (χ1n) is 12.6. The van der Waals surface area contributed by atoms with Crippen molar-refractivity contribution >= 4 is 29.1 Å². The van der Waals surface area contributed by atoms with E-state index in [4.69, 9.17) is 11.6 Å². The SMILES string of the molecule is CN(C(=O)CCc1ccccc1)c1ccc(CC2CCN(C3CCC(C)(C)CC3)C2=O)c(Cl)c1. The zero-order chi connectivity index (χ0) is 24.3. The number of halogens is 1. The highest BCUT2D eigenvalue weighted by molar-refractivity contribution is 6.31. The summed E-state index contributed by atoms with van der Waals surface area (Å²) in [5, 5.41) is 0.630. The standard InChI is InChI=1S/C29H37ClN2O2/c1-29(2)16-13-24(14-17-29)32-18-15-23(28(32)34)19-22-10-11-25(20-26(22)30)31(3)27(33)12-9-21-7-5-4-6-8-21/h4-8,10-11,20,23-24H,9,12-19H2,1-3H3. The van der Waals surface area contributed by atoms with E-state index < -0.39 is 0 Å². The van der Waals surface area contributed by atoms with Crippen molar-refractivity contribution in [3.8, 4) is 0 Å². The summed E-state index contributed by atoms with van der Waals surface area (Å²) >= 11 is 6.63. The van der Waals surface area contributed by atoms with Crippen LogP contribution in [-0.4, -0.2) is 36.3 Å². The highest BCUT2D eigenvalue weighted by atomic mass is 35.5. The Hall–Kier alpha value is -2.33. The Morgan fingerprint density at radius 2 is 1.79 bits per heavy atom. The van der Waals surface area contributed by atoms with E-state index in [2.05, 4.69) is 18.7 Å². The van der Waals surface area contributed by atoms with Gasteiger partial charge in [0.15, 0.2) is 0 Å². The Kier molecular flexibility index (Phi) is 7.67. The number of amides is 2. The molecule has 0 bridgehead atoms. The van der Waals surface area contributed by atoms with Crippen molar-refractivity contribution in [3.63, 3.8) is 0 Å². The van der Waals surface area contributed by atoms with Crippen LogP contribution in [0.25, 0.3) is 0 Å². The van der Waals surface area contributed by atoms with Crippen LogP contribution in [0.3, 0.4) is 0 Å². The molecule has 182 valence electrons. The molecule has 4 nitrogen and oxygen atoms in total. The maximum atomic E-state index is 13.2. The second kappa shape index (κ2) is 10.5. The van der Waals surface area contributed by atoms with Crippen LogP contribution in [-0.2, 0) is 22.4 Å². The monoisotopic (exact) mass is 480 g/mol. The van der Waals surface area contributed by atoms with E-state index >= 15 is 0 Å². The van der Waals surface area contributed by atoms with Crippen LogP contribution in [0.4, 0.5) is 5.69 Å². The van der Waals surface area contributed by atoms with Crippen LogP contribution in [0.5, 0.6) is 0 Å². The number of carbonyl (C=O) groups excluding carboxylic acids is 2. The first kappa shape index (κ1) is 24.8. The van der Waals surface area contributed by atoms with Crippen molar-refractivity contribution in [2.24, 2.45) is 11.3 Å². The maximum absolute atomic E-state index is 13.2. The van der Waals surface area contributed by atoms with Gasteiger partial charge in [0.1, 0.15) is 0 Å². The van der Waals surface area contributed by atoms with Gasteiger partial charge in [-0.1, -0.05) is 61.8 Å². The van der Waals surface area contributed by atoms with Crippen molar-refractivity contribution in [2.45, 2.75) is 71.3 Å². The van der Waals surface area contributed by atoms with E-state index in [1.165, 1.54) is 12.8 Å². The van der Waals surface area contributed by atoms with Crippen molar-refractivity contribution in [3.05, 3.63) is 64.7 Å². The first-order valence-corrected chi connectivity index (χ1v) is 13.0. The number of nitrogens with zero attached hydrogens (tertiary/aromatic N) is 2. The van der Waals surface area contributed by atoms with Gasteiger partial charge in [-0.3, -0.25) is 9.59 Å². The molecular formula is C29H37ClN2O2. The van der Waals surface area contributed by atoms with E-state index in [-0.39, 0.29) is 17.7 Å². The van der Waals surface area contributed by atoms with Crippen molar-refractivity contribution in [1.82, 2.24) is 4.90 Å². The molecule has 4 rings (SSSR count). The van der Waals surface area contributed by atoms with Gasteiger partial charge >= 0.3 is 0 Å². The number of aryl methyl sites for hydroxylation is 1. The van der Waals surface area contributed by atoms with E-state index in [0.29, 0.717) is 35.7 Å². The average molecular weight is 481 g/mol. The molecule has 0 radical (unpaired) electrons. The molecule has 2 aromatic carbocycles. The summed E-state index contributed by atoms with van der Waals surface area (Å²) in [5.41, 5.74) is 3.34. The fourth-order valence-electron chi connectivity index (χ4n) is 5.39. The third-order valence-electron chi connectivity index (χ3n) is 7.83. The highest BCUT2D eigenvalue weighted by Crippen LogP contribution is 2.39. The Morgan fingerprint density at radius 3 is 2.47 bits per heavy atom. The molecule has 0 spiro atoms. The number of anilines is 1. The minimum absolute atomic E-state index is 0.00326. The zero-order valence-corrected chi connectivity index (χ0v) is 21.5. The minimum atomic E-state index is 0.00326. The lowest BCUT2D eigenvalue weighted by atomic mass is 9.75. The second-order valence-electron chi connectivity index (χ2n) is 10.8. The fraction of sp³-hybridized carbons (Fsp3) is 0.517. The fourth-order valence-corrected chi connectivity index (χ4v) is 5.65. The molecule has 1 aliphatic carbocycles. The summed E-state index contributed by atoms with van der Waals surface area (Å²) in [7, 11) is 1.79. The van der Waals surface area contributed by atoms with Gasteiger partial charge in [0.2, 0.25) is 11.8 Å². The number of rotatable bonds is 7. The number of hydrogen-bond acceptors (Lipinski definition) is 2. The molecule has 1 aliphatic heterocycles. The third-order valence-corrected chi connectivity index (χ3v) is 8.19. The number of carbonyl (C=O) groups is 2. The molecule has 2 aliphatic rings. The third kappa shape index (κ3) is 5.83. The van der Waals surface area contributed by atoms with Crippen LogP contribution in [0.15, 0.2) is 48.5 Å². The van der Waals surface area contributed by atoms with E-state index in [1.807, 2.05) is 48.5 Å². The largest absolute Gasteiger partial charge is 0.339 e. The minimum Gasteiger partial charge on any atom is -0.339 e. The summed E-state index contributed by atoms with van der Waals surface area (Å²) in [6, 6.07) is 16.2. The maximum Gasteiger partial charge on any atom is 0.227 e. The van der Waals surface area contributed by atoms with Crippen LogP contribution in [0.2, 0.25) is 5.02 Å². The molecule has 2 aromatic rings. The molecule has 5 heteroatoms. The Balaban J connectivity index is 1.33. The van der Waals surface area contributed by atoms with Crippen LogP contribution >= 0.6 is 11.6 Å². The Labute approximate surface area is 209 Å². The highest BCUT2D eigenvalue weighted by Gasteiger charge is 2.38. The van der Waals surface area contributed by atoms with Crippen LogP contribution in [0, 0.1) is 11.3 Å². The lowest BCUT2D eigenvalue weighted by Crippen LogP contribution is -2.41. The summed E-state index contributed by atoms with van der Waals surface area (Å²) in [5.74, 6) is 0.353. The van der Waals surface area contributed by atoms with Gasteiger partial charge < -0.3 is 9.80 Å². The first-order chi connectivity index (χ1) is 16.2. The molecule has 1 saturated carbocycles. The molecular weight excluding hydrogens is 444 g/mol. The molecule has 0 N–H and O–H groups in total. The summed E-state index contributed by atoms with van der Waals surface area (Å²) in [6.45, 7) is 5.53. The van der Waals surface area contributed by atoms with Crippen molar-refractivity contribution in [1.29, 1.82) is 0 Å². The van der Waals surface area contributed by atoms with Gasteiger partial charge in [0.05, 0.1) is 0 Å². The smallest absolute Gasteiger partial charge is 0.227 e. The molecule has 1 saturated heterocycles. The van der Waals surface area contributed by atoms with E-state index in [1.54, 1.807) is 11.9 Å². The lowest BCUT2D eigenvalue weighted by molar-refractivity contribution is -0.133. The molecule has 34 heavy (non-hydrogen) atoms. The zero-order valence-electron chi connectivity index (χ0n) is 20.7. The number of benzene rings is 2. The predicted molar refractivity (Wildman–Crippen MR) is 139 cm³/mol. The molecule has 1 atom stereocenters. The van der Waals surface area contributed by atoms with Gasteiger partial charge in [-0.15, -0.1) is 0 Å². The van der Waals surface area contributed by atoms with Gasteiger partial charge in [0, 0.05) is 42.7 Å². The molecule has 0 aromatic heterocycles. The summed E-state index contributed by atoms with van der Waals surface area (Å²) < 4.78 is 0. The van der Waals surface area contributed by atoms with Gasteiger partial charge in [-0.2, -0.15) is 0 Å². The molecule has 2 amide bonds. The van der Waals surface area contributed by atoms with E-state index in [0.717, 1.165) is 42.6 Å². The van der Waals surface area contributed by atoms with Crippen LogP contribution in [0.1, 0.15) is 63.5 Å². The topological polar surface area (TPSA) is 40.6 Å². The molecule has 1 unspecified atom stereocenters. The van der Waals surface area contributed by atoms with Crippen molar-refractivity contribution < 1.29 is 9.59 Å². The summed E-state index contributed by atoms with van der Waals surface area (Å²) in [4.78, 5) is 29.7.